The molecule has 34 nitrogen and oxygen atoms in total. The van der Waals surface area contributed by atoms with Crippen molar-refractivity contribution in [1.82, 2.24) is 0 Å². The number of carboxylic acid groups (broad SMARTS) is 13. The molecule has 13 N–H and O–H groups in total. The van der Waals surface area contributed by atoms with Crippen LogP contribution in [-0.4, -0.2) is 179 Å². The maximum Gasteiger partial charge on any atom is 0.347 e. The smallest absolute Gasteiger partial charge is 0.347 e. The number of benzene rings is 3. The van der Waals surface area contributed by atoms with Crippen molar-refractivity contribution in [3.8, 4) is 0 Å². The number of aromatic carboxylic acids is 13. The van der Waals surface area contributed by atoms with Gasteiger partial charge in [0.1, 0.15) is 5.60 Å². The molecular formula is C40H22O34. The van der Waals surface area contributed by atoms with E-state index < -0.39 is 213 Å². The molecule has 0 bridgehead atoms. The largest absolute Gasteiger partial charge is 0.478 e. The summed E-state index contributed by atoms with van der Waals surface area (Å²) in [5.41, 5.74) is -44.7. The summed E-state index contributed by atoms with van der Waals surface area (Å²) in [6.45, 7) is 2.75. The maximum atomic E-state index is 14.4. The molecule has 386 valence electrons. The van der Waals surface area contributed by atoms with E-state index in [2.05, 4.69) is 9.47 Å². The molecule has 0 amide bonds. The third kappa shape index (κ3) is 10.1. The van der Waals surface area contributed by atoms with E-state index in [1.165, 1.54) is 0 Å². The fraction of sp³-hybridized carbons (Fsp3) is 0.100. The van der Waals surface area contributed by atoms with E-state index >= 15 is 0 Å². The van der Waals surface area contributed by atoms with Gasteiger partial charge in [0.05, 0.1) is 100 Å². The SMILES string of the molecule is CC(C)(C)OC(=O)c1c(C(=O)O)c(C(=O)O)c(C(=O)O)c(C(=O)OC(=O)c2c(C(=O)O)c(C(=O)O)c(C(=O)O)c(C(=O)O)c2C(=O)O)c1C(=O)OC(=O)c1c(C(=O)O)c(C(=O)O)c(C(=O)O)c(C(=O)O)c1C(=O)O. The van der Waals surface area contributed by atoms with Crippen molar-refractivity contribution in [3.05, 3.63) is 100 Å². The van der Waals surface area contributed by atoms with E-state index in [1.54, 1.807) is 0 Å². The Kier molecular flexibility index (Phi) is 15.5. The van der Waals surface area contributed by atoms with E-state index in [1.807, 2.05) is 0 Å². The van der Waals surface area contributed by atoms with Gasteiger partial charge >= 0.3 is 107 Å². The summed E-state index contributed by atoms with van der Waals surface area (Å²) in [6, 6.07) is 0. The van der Waals surface area contributed by atoms with Gasteiger partial charge in [0, 0.05) is 0 Å². The topological polar surface area (TPSA) is 598 Å². The highest BCUT2D eigenvalue weighted by Crippen LogP contribution is 2.36. The first-order valence-corrected chi connectivity index (χ1v) is 18.3. The van der Waals surface area contributed by atoms with Gasteiger partial charge in [0.15, 0.2) is 0 Å². The molecule has 74 heavy (non-hydrogen) atoms. The van der Waals surface area contributed by atoms with Gasteiger partial charge in [-0.2, -0.15) is 0 Å². The van der Waals surface area contributed by atoms with Crippen LogP contribution in [0.4, 0.5) is 0 Å². The molecular weight excluding hydrogens is 1020 g/mol. The van der Waals surface area contributed by atoms with E-state index in [0.29, 0.717) is 0 Å². The molecule has 0 saturated carbocycles. The molecule has 0 aliphatic carbocycles. The van der Waals surface area contributed by atoms with Crippen molar-refractivity contribution in [2.45, 2.75) is 26.4 Å². The first-order valence-electron chi connectivity index (χ1n) is 18.3. The molecule has 0 atom stereocenters. The summed E-state index contributed by atoms with van der Waals surface area (Å²) in [7, 11) is 0. The third-order valence-corrected chi connectivity index (χ3v) is 9.07. The molecule has 0 aliphatic heterocycles. The monoisotopic (exact) mass is 1050 g/mol. The summed E-state index contributed by atoms with van der Waals surface area (Å²) in [5.74, 6) is -51.6. The number of carbonyl (C=O) groups excluding carboxylic acids is 5. The van der Waals surface area contributed by atoms with Crippen molar-refractivity contribution in [1.29, 1.82) is 0 Å². The van der Waals surface area contributed by atoms with E-state index in [4.69, 9.17) is 4.74 Å². The molecule has 0 heterocycles. The lowest BCUT2D eigenvalue weighted by molar-refractivity contribution is 0.00581. The van der Waals surface area contributed by atoms with Gasteiger partial charge in [0.2, 0.25) is 0 Å². The molecule has 0 fully saturated rings. The highest BCUT2D eigenvalue weighted by atomic mass is 16.6. The average molecular weight is 1050 g/mol. The first-order chi connectivity index (χ1) is 33.8. The molecule has 0 radical (unpaired) electrons. The van der Waals surface area contributed by atoms with Gasteiger partial charge in [-0.3, -0.25) is 0 Å². The first kappa shape index (κ1) is 56.8. The second kappa shape index (κ2) is 20.2. The number of ether oxygens (including phenoxy) is 3. The lowest BCUT2D eigenvalue weighted by atomic mass is 9.85. The Morgan fingerprint density at radius 3 is 0.459 bits per heavy atom. The van der Waals surface area contributed by atoms with Gasteiger partial charge < -0.3 is 80.6 Å². The van der Waals surface area contributed by atoms with Crippen LogP contribution in [0.15, 0.2) is 0 Å². The van der Waals surface area contributed by atoms with Crippen molar-refractivity contribution in [2.75, 3.05) is 0 Å². The van der Waals surface area contributed by atoms with Gasteiger partial charge in [-0.15, -0.1) is 0 Å². The van der Waals surface area contributed by atoms with Gasteiger partial charge in [-0.05, 0) is 20.8 Å². The number of carbonyl (C=O) groups is 18. The second-order valence-corrected chi connectivity index (χ2v) is 14.6. The molecule has 3 aromatic carbocycles. The second-order valence-electron chi connectivity index (χ2n) is 14.6. The number of esters is 5. The Morgan fingerprint density at radius 1 is 0.216 bits per heavy atom. The zero-order valence-corrected chi connectivity index (χ0v) is 35.9. The minimum absolute atomic E-state index is 0.915. The number of hydrogen-bond acceptors (Lipinski definition) is 21. The van der Waals surface area contributed by atoms with Crippen LogP contribution in [0.3, 0.4) is 0 Å². The van der Waals surface area contributed by atoms with E-state index in [9.17, 15) is 153 Å². The maximum absolute atomic E-state index is 14.4. The predicted octanol–water partition coefficient (Wildman–Crippen LogP) is 0.713. The van der Waals surface area contributed by atoms with Crippen LogP contribution in [0.1, 0.15) is 207 Å². The van der Waals surface area contributed by atoms with Crippen molar-refractivity contribution in [3.63, 3.8) is 0 Å². The molecule has 0 aromatic heterocycles. The minimum atomic E-state index is -3.15. The molecule has 0 saturated heterocycles. The Labute approximate surface area is 400 Å². The highest BCUT2D eigenvalue weighted by Gasteiger charge is 2.47. The van der Waals surface area contributed by atoms with Crippen LogP contribution in [0, 0.1) is 0 Å². The zero-order chi connectivity index (χ0) is 57.4. The van der Waals surface area contributed by atoms with Crippen molar-refractivity contribution in [2.24, 2.45) is 0 Å². The molecule has 0 unspecified atom stereocenters. The average Bonchev–Trinajstić information content (AvgIpc) is 3.23. The fourth-order valence-electron chi connectivity index (χ4n) is 6.75. The van der Waals surface area contributed by atoms with Crippen LogP contribution < -0.4 is 0 Å². The predicted molar refractivity (Wildman–Crippen MR) is 214 cm³/mol. The van der Waals surface area contributed by atoms with E-state index in [-0.39, 0.29) is 0 Å². The van der Waals surface area contributed by atoms with Crippen molar-refractivity contribution < 1.29 is 167 Å². The van der Waals surface area contributed by atoms with Crippen molar-refractivity contribution >= 4 is 107 Å². The molecule has 3 aromatic rings. The zero-order valence-electron chi connectivity index (χ0n) is 35.9. The quantitative estimate of drug-likeness (QED) is 0.0474. The summed E-state index contributed by atoms with van der Waals surface area (Å²) in [4.78, 5) is 233. The Morgan fingerprint density at radius 2 is 0.324 bits per heavy atom. The van der Waals surface area contributed by atoms with Gasteiger partial charge in [-0.1, -0.05) is 0 Å². The van der Waals surface area contributed by atoms with Crippen LogP contribution >= 0.6 is 0 Å². The Bertz CT molecular complexity index is 3210. The van der Waals surface area contributed by atoms with Gasteiger partial charge in [0.25, 0.3) is 0 Å². The summed E-state index contributed by atoms with van der Waals surface area (Å²) < 4.78 is 13.6. The summed E-state index contributed by atoms with van der Waals surface area (Å²) in [6.07, 6.45) is 0. The molecule has 0 spiro atoms. The molecule has 0 aliphatic rings. The summed E-state index contributed by atoms with van der Waals surface area (Å²) in [5, 5.41) is 129. The van der Waals surface area contributed by atoms with Crippen LogP contribution in [0.5, 0.6) is 0 Å². The lowest BCUT2D eigenvalue weighted by Crippen LogP contribution is -2.34. The third-order valence-electron chi connectivity index (χ3n) is 9.07. The molecule has 3 rings (SSSR count). The Balaban J connectivity index is 2.85. The normalized spacial score (nSPS) is 10.7. The van der Waals surface area contributed by atoms with Gasteiger partial charge in [-0.25, -0.2) is 86.3 Å². The molecule has 34 heteroatoms. The number of rotatable bonds is 18. The van der Waals surface area contributed by atoms with Crippen LogP contribution in [0.2, 0.25) is 0 Å². The Hall–Kier alpha value is -11.5. The summed E-state index contributed by atoms with van der Waals surface area (Å²) >= 11 is 0. The number of carboxylic acids is 13. The van der Waals surface area contributed by atoms with E-state index in [0.717, 1.165) is 20.8 Å². The minimum Gasteiger partial charge on any atom is -0.478 e. The highest BCUT2D eigenvalue weighted by molar-refractivity contribution is 6.29. The van der Waals surface area contributed by atoms with Crippen LogP contribution in [-0.2, 0) is 14.2 Å². The lowest BCUT2D eigenvalue weighted by Gasteiger charge is -2.24. The van der Waals surface area contributed by atoms with Crippen LogP contribution in [0.25, 0.3) is 0 Å². The standard InChI is InChI=1S/C40H22O34/c1-40(2,3)74-39(71)20-16(34(65)66)10(28(53)54)15(33(63)64)19(37(69)72-35(67)17-11(29(55)56)6(24(45)46)4(22(41)42)7(25(47)48)12(17)30(57)58)21(20)38(70)73-36(68)18-13(31(59)60)8(26(49)50)5(23(43)44)9(27(51)52)14(18)32(61)62/h1-3H3,(H,41,42)(H,43,44)(H,45,46)(H,47,48)(H,49,50)(H,51,52)(H,53,54)(H,55,56)(H,57,58)(H,59,60)(H,61,62)(H,63,64)(H,65,66). The fourth-order valence-corrected chi connectivity index (χ4v) is 6.75. The number of hydrogen-bond donors (Lipinski definition) is 13.